The maximum Gasteiger partial charge on any atom is 0.243 e. The standard InChI is InChI=1S/C19H29N3O4S/c1-13-9-17-10-18(5-6-19(17)22(13)16(4)24)27(25,26)21-8-7-20(11-14(21)2)12-15(3)23/h5-6,10,13-15,23H,7-9,11-12H2,1-4H3/t13-,14+,15+/m1/s1. The van der Waals surface area contributed by atoms with Crippen LogP contribution in [-0.2, 0) is 21.2 Å². The van der Waals surface area contributed by atoms with Gasteiger partial charge in [-0.1, -0.05) is 0 Å². The summed E-state index contributed by atoms with van der Waals surface area (Å²) in [6, 6.07) is 4.96. The zero-order chi connectivity index (χ0) is 19.9. The molecule has 2 heterocycles. The Bertz CT molecular complexity index is 824. The van der Waals surface area contributed by atoms with Crippen molar-refractivity contribution in [3.8, 4) is 0 Å². The highest BCUT2D eigenvalue weighted by atomic mass is 32.2. The molecule has 0 spiro atoms. The Morgan fingerprint density at radius 1 is 1.26 bits per heavy atom. The van der Waals surface area contributed by atoms with E-state index in [1.54, 1.807) is 34.3 Å². The van der Waals surface area contributed by atoms with Gasteiger partial charge in [0.15, 0.2) is 0 Å². The van der Waals surface area contributed by atoms with E-state index >= 15 is 0 Å². The molecule has 1 aromatic carbocycles. The van der Waals surface area contributed by atoms with Crippen molar-refractivity contribution in [1.29, 1.82) is 0 Å². The van der Waals surface area contributed by atoms with Crippen LogP contribution >= 0.6 is 0 Å². The Kier molecular flexibility index (Phi) is 5.63. The molecule has 7 nitrogen and oxygen atoms in total. The Hall–Kier alpha value is -1.48. The van der Waals surface area contributed by atoms with Crippen LogP contribution in [0.2, 0.25) is 0 Å². The Balaban J connectivity index is 1.83. The van der Waals surface area contributed by atoms with Crippen LogP contribution in [0.4, 0.5) is 5.69 Å². The second-order valence-electron chi connectivity index (χ2n) is 7.81. The van der Waals surface area contributed by atoms with Crippen LogP contribution in [0.5, 0.6) is 0 Å². The predicted octanol–water partition coefficient (Wildman–Crippen LogP) is 1.06. The second-order valence-corrected chi connectivity index (χ2v) is 9.70. The van der Waals surface area contributed by atoms with Gasteiger partial charge in [0.25, 0.3) is 0 Å². The summed E-state index contributed by atoms with van der Waals surface area (Å²) in [5, 5.41) is 9.56. The van der Waals surface area contributed by atoms with Crippen molar-refractivity contribution in [2.24, 2.45) is 0 Å². The average molecular weight is 396 g/mol. The van der Waals surface area contributed by atoms with E-state index in [0.717, 1.165) is 11.3 Å². The molecule has 2 aliphatic heterocycles. The molecule has 2 aliphatic rings. The van der Waals surface area contributed by atoms with Crippen LogP contribution in [0.1, 0.15) is 33.3 Å². The normalized spacial score (nSPS) is 25.4. The maximum absolute atomic E-state index is 13.2. The molecule has 1 N–H and O–H groups in total. The van der Waals surface area contributed by atoms with Crippen molar-refractivity contribution in [1.82, 2.24) is 9.21 Å². The number of fused-ring (bicyclic) bond motifs is 1. The summed E-state index contributed by atoms with van der Waals surface area (Å²) in [7, 11) is -3.60. The highest BCUT2D eigenvalue weighted by Crippen LogP contribution is 2.35. The number of nitrogens with zero attached hydrogens (tertiary/aromatic N) is 3. The Morgan fingerprint density at radius 3 is 2.56 bits per heavy atom. The average Bonchev–Trinajstić information content (AvgIpc) is 2.88. The molecule has 1 saturated heterocycles. The van der Waals surface area contributed by atoms with Crippen LogP contribution in [0.3, 0.4) is 0 Å². The fraction of sp³-hybridized carbons (Fsp3) is 0.632. The van der Waals surface area contributed by atoms with Crippen molar-refractivity contribution in [2.45, 2.75) is 57.2 Å². The van der Waals surface area contributed by atoms with E-state index in [0.29, 0.717) is 32.6 Å². The van der Waals surface area contributed by atoms with Crippen molar-refractivity contribution in [3.63, 3.8) is 0 Å². The molecular weight excluding hydrogens is 366 g/mol. The smallest absolute Gasteiger partial charge is 0.243 e. The van der Waals surface area contributed by atoms with Gasteiger partial charge < -0.3 is 10.0 Å². The van der Waals surface area contributed by atoms with E-state index < -0.39 is 16.1 Å². The lowest BCUT2D eigenvalue weighted by molar-refractivity contribution is -0.116. The molecular formula is C19H29N3O4S. The molecule has 8 heteroatoms. The van der Waals surface area contributed by atoms with Gasteiger partial charge in [-0.15, -0.1) is 0 Å². The lowest BCUT2D eigenvalue weighted by atomic mass is 10.1. The number of hydrogen-bond donors (Lipinski definition) is 1. The van der Waals surface area contributed by atoms with Crippen LogP contribution in [0, 0.1) is 0 Å². The van der Waals surface area contributed by atoms with E-state index in [1.807, 2.05) is 13.8 Å². The summed E-state index contributed by atoms with van der Waals surface area (Å²) < 4.78 is 28.0. The molecule has 3 atom stereocenters. The quantitative estimate of drug-likeness (QED) is 0.825. The summed E-state index contributed by atoms with van der Waals surface area (Å²) in [5.41, 5.74) is 1.71. The summed E-state index contributed by atoms with van der Waals surface area (Å²) in [5.74, 6) is -0.0280. The Morgan fingerprint density at radius 2 is 1.96 bits per heavy atom. The molecule has 0 aromatic heterocycles. The first kappa shape index (κ1) is 20.3. The number of benzene rings is 1. The van der Waals surface area contributed by atoms with Gasteiger partial charge in [0.05, 0.1) is 11.0 Å². The first-order valence-corrected chi connectivity index (χ1v) is 10.9. The molecule has 0 saturated carbocycles. The molecule has 1 fully saturated rings. The largest absolute Gasteiger partial charge is 0.392 e. The SMILES string of the molecule is CC(=O)N1c2ccc(S(=O)(=O)N3CCN(C[C@H](C)O)C[C@@H]3C)cc2C[C@H]1C. The van der Waals surface area contributed by atoms with Crippen LogP contribution in [-0.4, -0.2) is 73.0 Å². The lowest BCUT2D eigenvalue weighted by Crippen LogP contribution is -2.54. The molecule has 150 valence electrons. The summed E-state index contributed by atoms with van der Waals surface area (Å²) in [4.78, 5) is 16.0. The number of aliphatic hydroxyl groups is 1. The first-order chi connectivity index (χ1) is 12.6. The van der Waals surface area contributed by atoms with Gasteiger partial charge in [-0.3, -0.25) is 9.69 Å². The van der Waals surface area contributed by atoms with E-state index in [4.69, 9.17) is 0 Å². The third-order valence-corrected chi connectivity index (χ3v) is 7.40. The highest BCUT2D eigenvalue weighted by molar-refractivity contribution is 7.89. The van der Waals surface area contributed by atoms with Crippen molar-refractivity contribution in [3.05, 3.63) is 23.8 Å². The summed E-state index contributed by atoms with van der Waals surface area (Å²) >= 11 is 0. The minimum atomic E-state index is -3.60. The number of sulfonamides is 1. The summed E-state index contributed by atoms with van der Waals surface area (Å²) in [6.45, 7) is 9.31. The highest BCUT2D eigenvalue weighted by Gasteiger charge is 2.36. The number of carbonyl (C=O) groups is 1. The third kappa shape index (κ3) is 3.89. The number of hydrogen-bond acceptors (Lipinski definition) is 5. The zero-order valence-electron chi connectivity index (χ0n) is 16.4. The molecule has 27 heavy (non-hydrogen) atoms. The van der Waals surface area contributed by atoms with Gasteiger partial charge >= 0.3 is 0 Å². The molecule has 1 amide bonds. The minimum Gasteiger partial charge on any atom is -0.392 e. The molecule has 3 rings (SSSR count). The number of carbonyl (C=O) groups excluding carboxylic acids is 1. The van der Waals surface area contributed by atoms with Gasteiger partial charge in [-0.25, -0.2) is 8.42 Å². The van der Waals surface area contributed by atoms with Crippen molar-refractivity contribution >= 4 is 21.6 Å². The van der Waals surface area contributed by atoms with Crippen molar-refractivity contribution in [2.75, 3.05) is 31.1 Å². The number of β-amino-alcohol motifs (C(OH)–C–C–N with tert-alkyl or cyclic N) is 1. The number of amides is 1. The topological polar surface area (TPSA) is 81.2 Å². The van der Waals surface area contributed by atoms with E-state index in [1.165, 1.54) is 6.92 Å². The van der Waals surface area contributed by atoms with E-state index in [2.05, 4.69) is 4.90 Å². The van der Waals surface area contributed by atoms with E-state index in [-0.39, 0.29) is 22.9 Å². The molecule has 1 aromatic rings. The third-order valence-electron chi connectivity index (χ3n) is 5.39. The van der Waals surface area contributed by atoms with Crippen molar-refractivity contribution < 1.29 is 18.3 Å². The number of rotatable bonds is 4. The zero-order valence-corrected chi connectivity index (χ0v) is 17.2. The summed E-state index contributed by atoms with van der Waals surface area (Å²) in [6.07, 6.45) is 0.235. The van der Waals surface area contributed by atoms with Crippen LogP contribution < -0.4 is 4.90 Å². The van der Waals surface area contributed by atoms with Crippen LogP contribution in [0.25, 0.3) is 0 Å². The number of anilines is 1. The first-order valence-electron chi connectivity index (χ1n) is 9.46. The van der Waals surface area contributed by atoms with Gasteiger partial charge in [-0.2, -0.15) is 4.31 Å². The maximum atomic E-state index is 13.2. The monoisotopic (exact) mass is 395 g/mol. The Labute approximate surface area is 161 Å². The molecule has 0 unspecified atom stereocenters. The lowest BCUT2D eigenvalue weighted by Gasteiger charge is -2.39. The van der Waals surface area contributed by atoms with Crippen LogP contribution in [0.15, 0.2) is 23.1 Å². The van der Waals surface area contributed by atoms with Gasteiger partial charge in [0, 0.05) is 50.9 Å². The van der Waals surface area contributed by atoms with Gasteiger partial charge in [-0.05, 0) is 51.0 Å². The number of piperazine rings is 1. The van der Waals surface area contributed by atoms with Gasteiger partial charge in [0.1, 0.15) is 0 Å². The second kappa shape index (κ2) is 7.50. The molecule has 0 bridgehead atoms. The predicted molar refractivity (Wildman–Crippen MR) is 104 cm³/mol. The fourth-order valence-electron chi connectivity index (χ4n) is 4.30. The molecule has 0 radical (unpaired) electrons. The van der Waals surface area contributed by atoms with Gasteiger partial charge in [0.2, 0.25) is 15.9 Å². The fourth-order valence-corrected chi connectivity index (χ4v) is 5.96. The molecule has 0 aliphatic carbocycles. The number of aliphatic hydroxyl groups excluding tert-OH is 1. The minimum absolute atomic E-state index is 0.0280. The van der Waals surface area contributed by atoms with E-state index in [9.17, 15) is 18.3 Å².